The summed E-state index contributed by atoms with van der Waals surface area (Å²) in [7, 11) is 1.65. The summed E-state index contributed by atoms with van der Waals surface area (Å²) in [6.07, 6.45) is 5.57. The molecular weight excluding hydrogens is 430 g/mol. The van der Waals surface area contributed by atoms with Crippen molar-refractivity contribution in [2.45, 2.75) is 13.1 Å². The molecule has 2 N–H and O–H groups in total. The molecule has 12 nitrogen and oxygen atoms in total. The highest BCUT2D eigenvalue weighted by molar-refractivity contribution is 6.08. The molecule has 0 aliphatic rings. The first kappa shape index (κ1) is 21.5. The molecule has 168 valence electrons. The molecule has 0 saturated carbocycles. The molecule has 0 spiro atoms. The number of aryl methyl sites for hydroxylation is 1. The van der Waals surface area contributed by atoms with Crippen molar-refractivity contribution in [1.29, 1.82) is 0 Å². The van der Waals surface area contributed by atoms with Gasteiger partial charge in [-0.25, -0.2) is 0 Å². The van der Waals surface area contributed by atoms with Gasteiger partial charge in [0.2, 0.25) is 0 Å². The topological polar surface area (TPSA) is 150 Å². The van der Waals surface area contributed by atoms with Crippen LogP contribution in [0.2, 0.25) is 0 Å². The lowest BCUT2D eigenvalue weighted by atomic mass is 10.1. The van der Waals surface area contributed by atoms with Gasteiger partial charge < -0.3 is 15.1 Å². The standard InChI is InChI=1S/C21H19N7O5/c1-26-13-18(19(25-26)21(30)22-10-17-3-2-8-33-17)24-20(29)15-6-4-14(5-7-15)11-27-12-16(9-23-27)28(31)32/h2-9,12-13H,10-11H2,1H3,(H,22,30)(H,24,29). The monoisotopic (exact) mass is 449 g/mol. The van der Waals surface area contributed by atoms with Crippen LogP contribution in [0, 0.1) is 10.1 Å². The molecule has 0 bridgehead atoms. The number of nitrogens with zero attached hydrogens (tertiary/aromatic N) is 5. The van der Waals surface area contributed by atoms with Crippen LogP contribution >= 0.6 is 0 Å². The van der Waals surface area contributed by atoms with Crippen LogP contribution in [0.5, 0.6) is 0 Å². The van der Waals surface area contributed by atoms with E-state index in [1.54, 1.807) is 49.6 Å². The molecule has 3 heterocycles. The fourth-order valence-electron chi connectivity index (χ4n) is 3.09. The molecule has 1 aromatic carbocycles. The number of hydrogen-bond donors (Lipinski definition) is 2. The molecule has 0 aliphatic heterocycles. The molecule has 0 fully saturated rings. The summed E-state index contributed by atoms with van der Waals surface area (Å²) in [5.74, 6) is -0.273. The molecular formula is C21H19N7O5. The Morgan fingerprint density at radius 2 is 1.94 bits per heavy atom. The van der Waals surface area contributed by atoms with Crippen LogP contribution in [0.15, 0.2) is 65.7 Å². The van der Waals surface area contributed by atoms with Gasteiger partial charge >= 0.3 is 5.69 Å². The fraction of sp³-hybridized carbons (Fsp3) is 0.143. The van der Waals surface area contributed by atoms with E-state index in [4.69, 9.17) is 4.42 Å². The van der Waals surface area contributed by atoms with Gasteiger partial charge in [0.15, 0.2) is 5.69 Å². The molecule has 0 radical (unpaired) electrons. The number of anilines is 1. The number of hydrogen-bond acceptors (Lipinski definition) is 7. The summed E-state index contributed by atoms with van der Waals surface area (Å²) in [5, 5.41) is 24.3. The average molecular weight is 449 g/mol. The Balaban J connectivity index is 1.40. The maximum Gasteiger partial charge on any atom is 0.307 e. The van der Waals surface area contributed by atoms with Crippen LogP contribution in [0.1, 0.15) is 32.2 Å². The maximum atomic E-state index is 12.7. The minimum atomic E-state index is -0.513. The number of furan rings is 1. The van der Waals surface area contributed by atoms with Gasteiger partial charge in [0.1, 0.15) is 18.2 Å². The van der Waals surface area contributed by atoms with Crippen molar-refractivity contribution in [3.63, 3.8) is 0 Å². The normalized spacial score (nSPS) is 10.7. The van der Waals surface area contributed by atoms with Crippen LogP contribution in [-0.2, 0) is 20.1 Å². The summed E-state index contributed by atoms with van der Waals surface area (Å²) in [6, 6.07) is 10.1. The van der Waals surface area contributed by atoms with Gasteiger partial charge in [-0.3, -0.25) is 29.1 Å². The molecule has 4 rings (SSSR count). The predicted octanol–water partition coefficient (Wildman–Crippen LogP) is 2.35. The lowest BCUT2D eigenvalue weighted by Crippen LogP contribution is -2.25. The minimum Gasteiger partial charge on any atom is -0.467 e. The number of amides is 2. The number of rotatable bonds is 8. The van der Waals surface area contributed by atoms with Crippen molar-refractivity contribution in [2.24, 2.45) is 7.05 Å². The molecule has 4 aromatic rings. The molecule has 12 heteroatoms. The van der Waals surface area contributed by atoms with Crippen LogP contribution in [-0.4, -0.2) is 36.3 Å². The molecule has 0 saturated heterocycles. The zero-order chi connectivity index (χ0) is 23.4. The largest absolute Gasteiger partial charge is 0.467 e. The zero-order valence-corrected chi connectivity index (χ0v) is 17.5. The number of nitrogens with one attached hydrogen (secondary N) is 2. The van der Waals surface area contributed by atoms with E-state index in [0.29, 0.717) is 17.9 Å². The molecule has 2 amide bonds. The number of nitro groups is 1. The van der Waals surface area contributed by atoms with Crippen molar-refractivity contribution in [3.8, 4) is 0 Å². The van der Waals surface area contributed by atoms with Crippen molar-refractivity contribution >= 4 is 23.2 Å². The van der Waals surface area contributed by atoms with Crippen molar-refractivity contribution in [3.05, 3.63) is 93.9 Å². The van der Waals surface area contributed by atoms with E-state index in [0.717, 1.165) is 5.56 Å². The van der Waals surface area contributed by atoms with Crippen molar-refractivity contribution < 1.29 is 18.9 Å². The van der Waals surface area contributed by atoms with E-state index in [-0.39, 0.29) is 23.6 Å². The Labute approximate surface area is 187 Å². The first-order chi connectivity index (χ1) is 15.9. The molecule has 3 aromatic heterocycles. The third-order valence-corrected chi connectivity index (χ3v) is 4.69. The smallest absolute Gasteiger partial charge is 0.307 e. The number of carbonyl (C=O) groups is 2. The second-order valence-electron chi connectivity index (χ2n) is 7.13. The Morgan fingerprint density at radius 1 is 1.15 bits per heavy atom. The molecule has 0 aliphatic carbocycles. The summed E-state index contributed by atoms with van der Waals surface area (Å²) in [6.45, 7) is 0.509. The highest BCUT2D eigenvalue weighted by atomic mass is 16.6. The van der Waals surface area contributed by atoms with Crippen LogP contribution in [0.3, 0.4) is 0 Å². The Morgan fingerprint density at radius 3 is 2.61 bits per heavy atom. The van der Waals surface area contributed by atoms with E-state index in [9.17, 15) is 19.7 Å². The molecule has 0 unspecified atom stereocenters. The SMILES string of the molecule is Cn1cc(NC(=O)c2ccc(Cn3cc([N+](=O)[O-])cn3)cc2)c(C(=O)NCc2ccco2)n1. The van der Waals surface area contributed by atoms with Crippen LogP contribution in [0.4, 0.5) is 11.4 Å². The van der Waals surface area contributed by atoms with Gasteiger partial charge in [0, 0.05) is 18.8 Å². The van der Waals surface area contributed by atoms with Gasteiger partial charge in [-0.15, -0.1) is 0 Å². The highest BCUT2D eigenvalue weighted by Gasteiger charge is 2.19. The second-order valence-corrected chi connectivity index (χ2v) is 7.13. The quantitative estimate of drug-likeness (QED) is 0.310. The van der Waals surface area contributed by atoms with Gasteiger partial charge in [-0.05, 0) is 29.8 Å². The lowest BCUT2D eigenvalue weighted by molar-refractivity contribution is -0.385. The van der Waals surface area contributed by atoms with Gasteiger partial charge in [-0.1, -0.05) is 12.1 Å². The van der Waals surface area contributed by atoms with E-state index >= 15 is 0 Å². The zero-order valence-electron chi connectivity index (χ0n) is 17.5. The number of aromatic nitrogens is 4. The summed E-state index contributed by atoms with van der Waals surface area (Å²) < 4.78 is 8.07. The van der Waals surface area contributed by atoms with Crippen molar-refractivity contribution in [1.82, 2.24) is 24.9 Å². The first-order valence-electron chi connectivity index (χ1n) is 9.80. The van der Waals surface area contributed by atoms with E-state index in [1.165, 1.54) is 28.0 Å². The van der Waals surface area contributed by atoms with Gasteiger partial charge in [0.25, 0.3) is 11.8 Å². The summed E-state index contributed by atoms with van der Waals surface area (Å²) in [4.78, 5) is 35.5. The fourth-order valence-corrected chi connectivity index (χ4v) is 3.09. The molecule has 0 atom stereocenters. The Bertz CT molecular complexity index is 1290. The summed E-state index contributed by atoms with van der Waals surface area (Å²) in [5.41, 5.74) is 1.44. The maximum absolute atomic E-state index is 12.7. The van der Waals surface area contributed by atoms with E-state index < -0.39 is 16.7 Å². The predicted molar refractivity (Wildman–Crippen MR) is 115 cm³/mol. The lowest BCUT2D eigenvalue weighted by Gasteiger charge is -2.07. The third-order valence-electron chi connectivity index (χ3n) is 4.69. The van der Waals surface area contributed by atoms with Crippen LogP contribution in [0.25, 0.3) is 0 Å². The van der Waals surface area contributed by atoms with Crippen molar-refractivity contribution in [2.75, 3.05) is 5.32 Å². The first-order valence-corrected chi connectivity index (χ1v) is 9.80. The minimum absolute atomic E-state index is 0.0781. The number of carbonyl (C=O) groups excluding carboxylic acids is 2. The summed E-state index contributed by atoms with van der Waals surface area (Å²) >= 11 is 0. The molecule has 33 heavy (non-hydrogen) atoms. The third kappa shape index (κ3) is 5.12. The van der Waals surface area contributed by atoms with Crippen LogP contribution < -0.4 is 10.6 Å². The van der Waals surface area contributed by atoms with E-state index in [2.05, 4.69) is 20.8 Å². The Hall–Kier alpha value is -4.74. The Kier molecular flexibility index (Phi) is 5.98. The van der Waals surface area contributed by atoms with Gasteiger partial charge in [0.05, 0.1) is 30.0 Å². The average Bonchev–Trinajstić information content (AvgIpc) is 3.54. The highest BCUT2D eigenvalue weighted by Crippen LogP contribution is 2.16. The second kappa shape index (κ2) is 9.18. The van der Waals surface area contributed by atoms with Gasteiger partial charge in [-0.2, -0.15) is 10.2 Å². The number of benzene rings is 1. The van der Waals surface area contributed by atoms with E-state index in [1.807, 2.05) is 0 Å².